The van der Waals surface area contributed by atoms with Crippen molar-refractivity contribution in [3.8, 4) is 5.69 Å². The van der Waals surface area contributed by atoms with Crippen molar-refractivity contribution in [2.45, 2.75) is 43.5 Å². The Morgan fingerprint density at radius 1 is 1.21 bits per heavy atom. The van der Waals surface area contributed by atoms with Gasteiger partial charge in [0.05, 0.1) is 43.8 Å². The zero-order valence-corrected chi connectivity index (χ0v) is 24.4. The number of rotatable bonds is 8. The zero-order valence-electron chi connectivity index (χ0n) is 23.5. The molecule has 218 valence electrons. The van der Waals surface area contributed by atoms with Crippen molar-refractivity contribution in [3.05, 3.63) is 95.1 Å². The molecular formula is C31H32F2N6O2S. The molecule has 1 fully saturated rings. The highest BCUT2D eigenvalue weighted by Crippen LogP contribution is 2.51. The summed E-state index contributed by atoms with van der Waals surface area (Å²) in [4.78, 5) is 19.4. The molecule has 42 heavy (non-hydrogen) atoms. The first-order chi connectivity index (χ1) is 20.1. The highest BCUT2D eigenvalue weighted by atomic mass is 32.2. The number of fused-ring (bicyclic) bond motifs is 2. The fourth-order valence-electron chi connectivity index (χ4n) is 6.38. The van der Waals surface area contributed by atoms with E-state index in [1.807, 2.05) is 19.1 Å². The second-order valence-electron chi connectivity index (χ2n) is 11.1. The van der Waals surface area contributed by atoms with Crippen LogP contribution in [0.5, 0.6) is 0 Å². The van der Waals surface area contributed by atoms with Gasteiger partial charge in [0.2, 0.25) is 0 Å². The molecule has 2 aliphatic carbocycles. The highest BCUT2D eigenvalue weighted by Gasteiger charge is 2.51. The Bertz CT molecular complexity index is 1790. The lowest BCUT2D eigenvalue weighted by Crippen LogP contribution is -2.51. The number of hydrogen-bond donors (Lipinski definition) is 0. The number of hydrogen-bond acceptors (Lipinski definition) is 5. The summed E-state index contributed by atoms with van der Waals surface area (Å²) in [5.41, 5.74) is 3.63. The number of halogens is 2. The van der Waals surface area contributed by atoms with E-state index in [-0.39, 0.29) is 24.2 Å². The molecule has 0 amide bonds. The number of nitrogens with zero attached hydrogens (tertiary/aromatic N) is 6. The van der Waals surface area contributed by atoms with E-state index < -0.39 is 21.8 Å². The molecule has 1 aromatic carbocycles. The molecule has 3 aromatic heterocycles. The Kier molecular flexibility index (Phi) is 7.18. The molecule has 0 saturated heterocycles. The lowest BCUT2D eigenvalue weighted by molar-refractivity contribution is 0.0737. The van der Waals surface area contributed by atoms with E-state index >= 15 is 0 Å². The van der Waals surface area contributed by atoms with E-state index in [0.717, 1.165) is 22.4 Å². The minimum atomic E-state index is -3.08. The van der Waals surface area contributed by atoms with Gasteiger partial charge in [0.1, 0.15) is 18.2 Å². The molecule has 6 rings (SSSR count). The SMILES string of the molecule is C=S(=O)(c1cnn(C)c1)N(CCF)[C@H]1CCC2=Cc3c(cnn3-c3ccc(F)cc3)C[C@]2(C(=O)c2cc(C)ccn2)C1. The number of aryl methyl sites for hydroxylation is 2. The first kappa shape index (κ1) is 28.2. The molecule has 11 heteroatoms. The molecule has 1 unspecified atom stereocenters. The number of alkyl halides is 1. The van der Waals surface area contributed by atoms with Gasteiger partial charge in [-0.25, -0.2) is 22.0 Å². The Balaban J connectivity index is 1.45. The van der Waals surface area contributed by atoms with Crippen molar-refractivity contribution in [2.75, 3.05) is 13.2 Å². The molecule has 3 atom stereocenters. The van der Waals surface area contributed by atoms with Crippen molar-refractivity contribution in [3.63, 3.8) is 0 Å². The molecule has 0 N–H and O–H groups in total. The number of pyridine rings is 1. The van der Waals surface area contributed by atoms with Crippen LogP contribution in [0.2, 0.25) is 0 Å². The van der Waals surface area contributed by atoms with Crippen LogP contribution in [-0.4, -0.2) is 64.0 Å². The maximum Gasteiger partial charge on any atom is 0.191 e. The van der Waals surface area contributed by atoms with E-state index in [1.54, 1.807) is 57.5 Å². The summed E-state index contributed by atoms with van der Waals surface area (Å²) in [6, 6.07) is 9.36. The quantitative estimate of drug-likeness (QED) is 0.218. The summed E-state index contributed by atoms with van der Waals surface area (Å²) in [5, 5.41) is 8.75. The minimum Gasteiger partial charge on any atom is -0.291 e. The van der Waals surface area contributed by atoms with E-state index in [4.69, 9.17) is 0 Å². The van der Waals surface area contributed by atoms with Gasteiger partial charge in [0.25, 0.3) is 0 Å². The predicted molar refractivity (Wildman–Crippen MR) is 158 cm³/mol. The standard InChI is InChI=1S/C31H32F2N6O2S/c1-21-10-12-34-28(14-21)30(40)31-16-22-18-36-39(25-8-5-24(33)6-9-25)29(22)15-23(31)4-7-26(17-31)38(13-11-32)42(3,41)27-19-35-37(2)20-27/h5-6,8-10,12,14-15,18-20,26H,3-4,7,11,13,16-17H2,1-2H3/t26-,31-,42?/m0/s1. The summed E-state index contributed by atoms with van der Waals surface area (Å²) in [6.07, 6.45) is 10.3. The summed E-state index contributed by atoms with van der Waals surface area (Å²) >= 11 is 0. The fraction of sp³-hybridized carbons (Fsp3) is 0.323. The van der Waals surface area contributed by atoms with Crippen LogP contribution in [0.15, 0.2) is 71.7 Å². The molecular weight excluding hydrogens is 558 g/mol. The van der Waals surface area contributed by atoms with Crippen LogP contribution >= 0.6 is 0 Å². The van der Waals surface area contributed by atoms with Crippen molar-refractivity contribution in [2.24, 2.45) is 12.5 Å². The van der Waals surface area contributed by atoms with E-state index in [9.17, 15) is 17.8 Å². The Hall–Kier alpha value is -3.96. The predicted octanol–water partition coefficient (Wildman–Crippen LogP) is 4.77. The monoisotopic (exact) mass is 590 g/mol. The third kappa shape index (κ3) is 4.80. The van der Waals surface area contributed by atoms with Crippen LogP contribution < -0.4 is 0 Å². The number of ketones is 1. The van der Waals surface area contributed by atoms with Crippen molar-refractivity contribution in [1.29, 1.82) is 0 Å². The van der Waals surface area contributed by atoms with E-state index in [0.29, 0.717) is 42.0 Å². The number of carbonyl (C=O) groups excluding carboxylic acids is 1. The summed E-state index contributed by atoms with van der Waals surface area (Å²) in [5.74, 6) is 3.59. The molecule has 0 bridgehead atoms. The van der Waals surface area contributed by atoms with Gasteiger partial charge < -0.3 is 0 Å². The summed E-state index contributed by atoms with van der Waals surface area (Å²) in [6.45, 7) is 1.12. The van der Waals surface area contributed by atoms with Crippen LogP contribution in [-0.2, 0) is 23.2 Å². The molecule has 0 aliphatic heterocycles. The lowest BCUT2D eigenvalue weighted by atomic mass is 9.60. The third-order valence-electron chi connectivity index (χ3n) is 8.43. The molecule has 4 aromatic rings. The third-order valence-corrected chi connectivity index (χ3v) is 10.6. The minimum absolute atomic E-state index is 0.0817. The maximum atomic E-state index is 14.5. The van der Waals surface area contributed by atoms with Crippen LogP contribution in [0.25, 0.3) is 11.8 Å². The van der Waals surface area contributed by atoms with Crippen LogP contribution in [0.1, 0.15) is 46.6 Å². The number of carbonyl (C=O) groups is 1. The van der Waals surface area contributed by atoms with Gasteiger partial charge in [-0.15, -0.1) is 0 Å². The normalized spacial score (nSPS) is 21.4. The van der Waals surface area contributed by atoms with Gasteiger partial charge >= 0.3 is 0 Å². The van der Waals surface area contributed by atoms with Gasteiger partial charge in [0.15, 0.2) is 5.78 Å². The Labute approximate surface area is 243 Å². The largest absolute Gasteiger partial charge is 0.291 e. The van der Waals surface area contributed by atoms with Gasteiger partial charge in [0, 0.05) is 32.0 Å². The van der Waals surface area contributed by atoms with Gasteiger partial charge in [-0.3, -0.25) is 14.5 Å². The first-order valence-electron chi connectivity index (χ1n) is 13.8. The van der Waals surface area contributed by atoms with Crippen molar-refractivity contribution in [1.82, 2.24) is 28.9 Å². The molecule has 3 heterocycles. The maximum absolute atomic E-state index is 14.5. The van der Waals surface area contributed by atoms with Gasteiger partial charge in [-0.1, -0.05) is 5.57 Å². The zero-order chi connectivity index (χ0) is 29.6. The van der Waals surface area contributed by atoms with E-state index in [1.165, 1.54) is 18.3 Å². The Morgan fingerprint density at radius 3 is 2.69 bits per heavy atom. The smallest absolute Gasteiger partial charge is 0.191 e. The number of allylic oxidation sites excluding steroid dienone is 1. The first-order valence-corrected chi connectivity index (χ1v) is 15.5. The molecule has 2 aliphatic rings. The molecule has 0 radical (unpaired) electrons. The van der Waals surface area contributed by atoms with Crippen molar-refractivity contribution >= 4 is 27.4 Å². The van der Waals surface area contributed by atoms with Crippen LogP contribution in [0.3, 0.4) is 0 Å². The van der Waals surface area contributed by atoms with E-state index in [2.05, 4.69) is 21.1 Å². The average molecular weight is 591 g/mol. The summed E-state index contributed by atoms with van der Waals surface area (Å²) in [7, 11) is -1.36. The summed E-state index contributed by atoms with van der Waals surface area (Å²) < 4.78 is 46.7. The Morgan fingerprint density at radius 2 is 2.00 bits per heavy atom. The topological polar surface area (TPSA) is 85.9 Å². The van der Waals surface area contributed by atoms with Crippen molar-refractivity contribution < 1.29 is 17.8 Å². The fourth-order valence-corrected chi connectivity index (χ4v) is 8.20. The van der Waals surface area contributed by atoms with Crippen LogP contribution in [0, 0.1) is 18.2 Å². The number of aromatic nitrogens is 5. The lowest BCUT2D eigenvalue weighted by Gasteiger charge is -2.47. The van der Waals surface area contributed by atoms with Gasteiger partial charge in [-0.2, -0.15) is 10.2 Å². The van der Waals surface area contributed by atoms with Crippen LogP contribution in [0.4, 0.5) is 8.78 Å². The number of Topliss-reactive ketones (excluding diaryl/α,β-unsaturated/α-hetero) is 1. The average Bonchev–Trinajstić information content (AvgIpc) is 3.60. The molecule has 0 spiro atoms. The molecule has 1 saturated carbocycles. The second kappa shape index (κ2) is 10.7. The molecule has 8 nitrogen and oxygen atoms in total. The highest BCUT2D eigenvalue weighted by molar-refractivity contribution is 7.98. The second-order valence-corrected chi connectivity index (χ2v) is 13.4. The number of benzene rings is 1. The van der Waals surface area contributed by atoms with Gasteiger partial charge in [-0.05, 0) is 92.1 Å².